The molecule has 2 rings (SSSR count). The molecule has 0 aliphatic carbocycles. The number of amides is 2. The number of ether oxygens (including phenoxy) is 3. The topological polar surface area (TPSA) is 97.3 Å². The number of carboxylic acid groups (broad SMARTS) is 1. The predicted molar refractivity (Wildman–Crippen MR) is 136 cm³/mol. The molecule has 2 aromatic rings. The smallest absolute Gasteiger partial charge is 0.333 e. The van der Waals surface area contributed by atoms with Gasteiger partial charge in [-0.05, 0) is 55.5 Å². The lowest BCUT2D eigenvalue weighted by Crippen LogP contribution is -2.38. The van der Waals surface area contributed by atoms with Gasteiger partial charge in [-0.15, -0.1) is 0 Å². The number of anilines is 1. The number of aliphatic carboxylic acids is 1. The van der Waals surface area contributed by atoms with E-state index in [9.17, 15) is 14.7 Å². The Bertz CT molecular complexity index is 916. The normalized spacial score (nSPS) is 11.7. The number of hydrogen-bond acceptors (Lipinski definition) is 5. The zero-order chi connectivity index (χ0) is 25.6. The maximum Gasteiger partial charge on any atom is 0.333 e. The third kappa shape index (κ3) is 9.86. The van der Waals surface area contributed by atoms with Crippen LogP contribution in [0.4, 0.5) is 10.5 Å². The molecule has 0 bridgehead atoms. The van der Waals surface area contributed by atoms with Crippen molar-refractivity contribution in [3.8, 4) is 11.5 Å². The van der Waals surface area contributed by atoms with E-state index in [4.69, 9.17) is 14.2 Å². The van der Waals surface area contributed by atoms with Crippen LogP contribution >= 0.6 is 0 Å². The number of carbonyl (C=O) groups excluding carboxylic acids is 1. The molecule has 0 saturated carbocycles. The van der Waals surface area contributed by atoms with Crippen LogP contribution in [-0.4, -0.2) is 61.5 Å². The standard InChI is InChI=1S/C27H38N2O6/c1-5-34-25(26(30)31)19-21-12-14-22(15-13-21)35-18-17-29(16-8-9-20(2)3)27(32)28-23-10-6-7-11-24(23)33-4/h6-7,10-15,20,25H,5,8-9,16-19H2,1-4H3,(H,28,32)(H,30,31). The van der Waals surface area contributed by atoms with E-state index in [1.165, 1.54) is 0 Å². The lowest BCUT2D eigenvalue weighted by atomic mass is 10.1. The summed E-state index contributed by atoms with van der Waals surface area (Å²) in [6.07, 6.45) is 1.35. The first-order valence-electron chi connectivity index (χ1n) is 12.1. The van der Waals surface area contributed by atoms with Crippen LogP contribution in [0, 0.1) is 5.92 Å². The summed E-state index contributed by atoms with van der Waals surface area (Å²) in [7, 11) is 1.57. The Kier molecular flexibility index (Phi) is 11.9. The van der Waals surface area contributed by atoms with Gasteiger partial charge in [0, 0.05) is 19.6 Å². The van der Waals surface area contributed by atoms with Gasteiger partial charge in [-0.2, -0.15) is 0 Å². The lowest BCUT2D eigenvalue weighted by molar-refractivity contribution is -0.149. The molecule has 0 aliphatic rings. The second kappa shape index (κ2) is 14.9. The number of carbonyl (C=O) groups is 2. The number of urea groups is 1. The summed E-state index contributed by atoms with van der Waals surface area (Å²) in [5, 5.41) is 12.2. The van der Waals surface area contributed by atoms with Gasteiger partial charge in [0.15, 0.2) is 6.10 Å². The van der Waals surface area contributed by atoms with Crippen molar-refractivity contribution in [2.45, 2.75) is 46.1 Å². The summed E-state index contributed by atoms with van der Waals surface area (Å²) in [5.41, 5.74) is 1.47. The molecule has 0 heterocycles. The Labute approximate surface area is 208 Å². The molecule has 0 aliphatic heterocycles. The highest BCUT2D eigenvalue weighted by atomic mass is 16.5. The van der Waals surface area contributed by atoms with Crippen LogP contribution in [0.1, 0.15) is 39.2 Å². The third-order valence-electron chi connectivity index (χ3n) is 5.46. The van der Waals surface area contributed by atoms with Crippen molar-refractivity contribution >= 4 is 17.7 Å². The molecule has 8 nitrogen and oxygen atoms in total. The molecule has 0 radical (unpaired) electrons. The van der Waals surface area contributed by atoms with Crippen molar-refractivity contribution in [3.63, 3.8) is 0 Å². The number of para-hydroxylation sites is 2. The van der Waals surface area contributed by atoms with Crippen molar-refractivity contribution in [1.29, 1.82) is 0 Å². The minimum atomic E-state index is -0.976. The lowest BCUT2D eigenvalue weighted by Gasteiger charge is -2.24. The van der Waals surface area contributed by atoms with E-state index in [-0.39, 0.29) is 12.5 Å². The summed E-state index contributed by atoms with van der Waals surface area (Å²) in [4.78, 5) is 26.0. The summed E-state index contributed by atoms with van der Waals surface area (Å²) in [6, 6.07) is 14.4. The van der Waals surface area contributed by atoms with Gasteiger partial charge in [0.25, 0.3) is 0 Å². The van der Waals surface area contributed by atoms with E-state index in [2.05, 4.69) is 19.2 Å². The van der Waals surface area contributed by atoms with Crippen molar-refractivity contribution in [2.24, 2.45) is 5.92 Å². The average molecular weight is 487 g/mol. The number of nitrogens with zero attached hydrogens (tertiary/aromatic N) is 1. The highest BCUT2D eigenvalue weighted by Crippen LogP contribution is 2.23. The molecular formula is C27H38N2O6. The van der Waals surface area contributed by atoms with Gasteiger partial charge in [0.2, 0.25) is 0 Å². The molecule has 2 aromatic carbocycles. The largest absolute Gasteiger partial charge is 0.495 e. The average Bonchev–Trinajstić information content (AvgIpc) is 2.83. The molecule has 0 fully saturated rings. The van der Waals surface area contributed by atoms with E-state index < -0.39 is 12.1 Å². The molecule has 0 spiro atoms. The summed E-state index contributed by atoms with van der Waals surface area (Å²) in [6.45, 7) is 7.82. The number of benzene rings is 2. The molecule has 2 amide bonds. The molecule has 8 heteroatoms. The second-order valence-electron chi connectivity index (χ2n) is 8.63. The fraction of sp³-hybridized carbons (Fsp3) is 0.481. The molecule has 35 heavy (non-hydrogen) atoms. The van der Waals surface area contributed by atoms with Gasteiger partial charge in [0.05, 0.1) is 19.3 Å². The van der Waals surface area contributed by atoms with Crippen molar-refractivity contribution < 1.29 is 28.9 Å². The summed E-state index contributed by atoms with van der Waals surface area (Å²) >= 11 is 0. The maximum absolute atomic E-state index is 13.0. The Hall–Kier alpha value is -3.26. The SMILES string of the molecule is CCOC(Cc1ccc(OCCN(CCCC(C)C)C(=O)Nc2ccccc2OC)cc1)C(=O)O. The Balaban J connectivity index is 1.94. The zero-order valence-corrected chi connectivity index (χ0v) is 21.2. The predicted octanol–water partition coefficient (Wildman–Crippen LogP) is 5.08. The van der Waals surface area contributed by atoms with Gasteiger partial charge in [-0.1, -0.05) is 38.1 Å². The van der Waals surface area contributed by atoms with Crippen LogP contribution in [0.2, 0.25) is 0 Å². The monoisotopic (exact) mass is 486 g/mol. The molecular weight excluding hydrogens is 448 g/mol. The Morgan fingerprint density at radius 2 is 1.77 bits per heavy atom. The Morgan fingerprint density at radius 1 is 1.06 bits per heavy atom. The minimum absolute atomic E-state index is 0.201. The van der Waals surface area contributed by atoms with Crippen LogP contribution in [0.3, 0.4) is 0 Å². The van der Waals surface area contributed by atoms with Crippen LogP contribution in [0.25, 0.3) is 0 Å². The number of nitrogens with one attached hydrogen (secondary N) is 1. The summed E-state index contributed by atoms with van der Waals surface area (Å²) < 4.78 is 16.5. The minimum Gasteiger partial charge on any atom is -0.495 e. The molecule has 1 unspecified atom stereocenters. The van der Waals surface area contributed by atoms with Crippen LogP contribution in [0.15, 0.2) is 48.5 Å². The Morgan fingerprint density at radius 3 is 2.40 bits per heavy atom. The van der Waals surface area contributed by atoms with E-state index >= 15 is 0 Å². The first kappa shape index (κ1) is 28.0. The fourth-order valence-corrected chi connectivity index (χ4v) is 3.58. The first-order valence-corrected chi connectivity index (χ1v) is 12.1. The molecule has 2 N–H and O–H groups in total. The van der Waals surface area contributed by atoms with E-state index in [1.807, 2.05) is 30.3 Å². The van der Waals surface area contributed by atoms with E-state index in [0.717, 1.165) is 18.4 Å². The first-order chi connectivity index (χ1) is 16.8. The van der Waals surface area contributed by atoms with Crippen molar-refractivity contribution in [2.75, 3.05) is 38.7 Å². The fourth-order valence-electron chi connectivity index (χ4n) is 3.58. The highest BCUT2D eigenvalue weighted by molar-refractivity contribution is 5.91. The second-order valence-corrected chi connectivity index (χ2v) is 8.63. The van der Waals surface area contributed by atoms with Gasteiger partial charge in [0.1, 0.15) is 18.1 Å². The van der Waals surface area contributed by atoms with Gasteiger partial charge >= 0.3 is 12.0 Å². The maximum atomic E-state index is 13.0. The molecule has 192 valence electrons. The van der Waals surface area contributed by atoms with Crippen LogP contribution in [-0.2, 0) is 16.0 Å². The number of hydrogen-bond donors (Lipinski definition) is 2. The highest BCUT2D eigenvalue weighted by Gasteiger charge is 2.18. The quantitative estimate of drug-likeness (QED) is 0.365. The van der Waals surface area contributed by atoms with Gasteiger partial charge in [-0.25, -0.2) is 9.59 Å². The number of rotatable bonds is 15. The number of methoxy groups -OCH3 is 1. The zero-order valence-electron chi connectivity index (χ0n) is 21.2. The van der Waals surface area contributed by atoms with Crippen molar-refractivity contribution in [1.82, 2.24) is 4.90 Å². The number of carboxylic acids is 1. The molecule has 1 atom stereocenters. The third-order valence-corrected chi connectivity index (χ3v) is 5.46. The van der Waals surface area contributed by atoms with Gasteiger partial charge in [-0.3, -0.25) is 0 Å². The summed E-state index contributed by atoms with van der Waals surface area (Å²) in [5.74, 6) is 0.849. The van der Waals surface area contributed by atoms with E-state index in [0.29, 0.717) is 49.4 Å². The molecule has 0 aromatic heterocycles. The van der Waals surface area contributed by atoms with Gasteiger partial charge < -0.3 is 29.5 Å². The van der Waals surface area contributed by atoms with E-state index in [1.54, 1.807) is 37.1 Å². The van der Waals surface area contributed by atoms with Crippen molar-refractivity contribution in [3.05, 3.63) is 54.1 Å². The molecule has 0 saturated heterocycles. The van der Waals surface area contributed by atoms with Crippen LogP contribution < -0.4 is 14.8 Å². The van der Waals surface area contributed by atoms with Crippen LogP contribution in [0.5, 0.6) is 11.5 Å².